The molecule has 10 nitrogen and oxygen atoms in total. The third-order valence-corrected chi connectivity index (χ3v) is 8.77. The first kappa shape index (κ1) is 31.5. The highest BCUT2D eigenvalue weighted by Crippen LogP contribution is 2.47. The molecule has 2 fully saturated rings. The van der Waals surface area contributed by atoms with Gasteiger partial charge in [0.25, 0.3) is 0 Å². The van der Waals surface area contributed by atoms with E-state index in [-0.39, 0.29) is 68.2 Å². The number of aromatic nitrogens is 3. The lowest BCUT2D eigenvalue weighted by atomic mass is 9.94. The van der Waals surface area contributed by atoms with Gasteiger partial charge in [-0.05, 0) is 56.8 Å². The average Bonchev–Trinajstić information content (AvgIpc) is 3.79. The molecule has 244 valence electrons. The Balaban J connectivity index is 1.46. The molecule has 0 amide bonds. The summed E-state index contributed by atoms with van der Waals surface area (Å²) in [7, 11) is 0. The summed E-state index contributed by atoms with van der Waals surface area (Å²) in [5.41, 5.74) is 4.85. The van der Waals surface area contributed by atoms with E-state index in [1.165, 1.54) is 6.92 Å². The van der Waals surface area contributed by atoms with E-state index in [9.17, 15) is 13.2 Å². The maximum Gasteiger partial charge on any atom is 0.319 e. The molecular formula is C31H39F4N7O3. The van der Waals surface area contributed by atoms with Crippen LogP contribution in [-0.2, 0) is 11.2 Å². The van der Waals surface area contributed by atoms with Gasteiger partial charge in [-0.1, -0.05) is 0 Å². The summed E-state index contributed by atoms with van der Waals surface area (Å²) in [6.45, 7) is 9.27. The van der Waals surface area contributed by atoms with E-state index in [4.69, 9.17) is 19.9 Å². The normalized spacial score (nSPS) is 20.4. The highest BCUT2D eigenvalue weighted by Gasteiger charge is 2.45. The lowest BCUT2D eigenvalue weighted by Crippen LogP contribution is -2.41. The molecule has 45 heavy (non-hydrogen) atoms. The summed E-state index contributed by atoms with van der Waals surface area (Å²) < 4.78 is 76.7. The van der Waals surface area contributed by atoms with Crippen molar-refractivity contribution in [1.82, 2.24) is 25.2 Å². The highest BCUT2D eigenvalue weighted by molar-refractivity contribution is 5.96. The summed E-state index contributed by atoms with van der Waals surface area (Å²) in [5, 5.41) is 6.77. The fourth-order valence-corrected chi connectivity index (χ4v) is 5.99. The second-order valence-corrected chi connectivity index (χ2v) is 12.3. The zero-order valence-corrected chi connectivity index (χ0v) is 25.5. The van der Waals surface area contributed by atoms with E-state index >= 15 is 4.39 Å². The fourth-order valence-electron chi connectivity index (χ4n) is 5.99. The van der Waals surface area contributed by atoms with Crippen LogP contribution in [0.25, 0.3) is 22.2 Å². The van der Waals surface area contributed by atoms with Crippen LogP contribution in [0, 0.1) is 24.0 Å². The van der Waals surface area contributed by atoms with Gasteiger partial charge < -0.3 is 30.6 Å². The van der Waals surface area contributed by atoms with Crippen molar-refractivity contribution in [2.45, 2.75) is 52.1 Å². The van der Waals surface area contributed by atoms with Crippen molar-refractivity contribution in [3.8, 4) is 23.1 Å². The molecule has 0 spiro atoms. The monoisotopic (exact) mass is 633 g/mol. The van der Waals surface area contributed by atoms with E-state index < -0.39 is 24.5 Å². The Morgan fingerprint density at radius 1 is 1.11 bits per heavy atom. The number of halogens is 4. The number of nitrogen functional groups attached to an aromatic ring is 1. The van der Waals surface area contributed by atoms with Gasteiger partial charge >= 0.3 is 6.01 Å². The molecule has 2 aliphatic heterocycles. The molecule has 4 heterocycles. The number of benzene rings is 1. The molecule has 3 aliphatic rings. The number of nitrogens with zero attached hydrogens (tertiary/aromatic N) is 4. The van der Waals surface area contributed by atoms with Crippen LogP contribution in [0.3, 0.4) is 0 Å². The summed E-state index contributed by atoms with van der Waals surface area (Å²) in [4.78, 5) is 16.0. The van der Waals surface area contributed by atoms with E-state index in [1.54, 1.807) is 0 Å². The van der Waals surface area contributed by atoms with Crippen LogP contribution in [0.2, 0.25) is 0 Å². The topological polar surface area (TPSA) is 120 Å². The van der Waals surface area contributed by atoms with Crippen LogP contribution < -0.4 is 25.8 Å². The molecule has 0 unspecified atom stereocenters. The van der Waals surface area contributed by atoms with Gasteiger partial charge in [0.2, 0.25) is 12.3 Å². The minimum atomic E-state index is -2.82. The number of rotatable bonds is 8. The van der Waals surface area contributed by atoms with Crippen LogP contribution >= 0.6 is 0 Å². The summed E-state index contributed by atoms with van der Waals surface area (Å²) in [5.74, 6) is -1.43. The Hall–Kier alpha value is -3.49. The van der Waals surface area contributed by atoms with Gasteiger partial charge in [0.15, 0.2) is 5.82 Å². The number of alkyl halides is 2. The average molecular weight is 634 g/mol. The van der Waals surface area contributed by atoms with Gasteiger partial charge in [-0.3, -0.25) is 4.90 Å². The van der Waals surface area contributed by atoms with E-state index in [0.29, 0.717) is 45.9 Å². The minimum absolute atomic E-state index is 0.0272. The van der Waals surface area contributed by atoms with Crippen molar-refractivity contribution in [3.05, 3.63) is 28.8 Å². The third kappa shape index (κ3) is 6.87. The molecule has 2 aromatic heterocycles. The molecule has 14 heteroatoms. The molecule has 6 rings (SSSR count). The number of nitrogens with one attached hydrogen (secondary N) is 2. The van der Waals surface area contributed by atoms with Crippen molar-refractivity contribution in [3.63, 3.8) is 0 Å². The number of hydrogen-bond donors (Lipinski definition) is 3. The summed E-state index contributed by atoms with van der Waals surface area (Å²) in [6, 6.07) is 1.11. The Morgan fingerprint density at radius 3 is 2.62 bits per heavy atom. The SMILES string of the molecule is Cc1c(F)c(N)cc(-c2nc3c4c(nc(OCC5(CN6CCOCC6)CC5)nc4c2F)NCCNCC[C@H](C)O3)c1CC(F)F. The summed E-state index contributed by atoms with van der Waals surface area (Å²) >= 11 is 0. The van der Waals surface area contributed by atoms with Crippen LogP contribution in [0.1, 0.15) is 37.3 Å². The van der Waals surface area contributed by atoms with Gasteiger partial charge in [-0.25, -0.2) is 22.5 Å². The fraction of sp³-hybridized carbons (Fsp3) is 0.581. The molecule has 0 radical (unpaired) electrons. The predicted molar refractivity (Wildman–Crippen MR) is 162 cm³/mol. The van der Waals surface area contributed by atoms with Crippen molar-refractivity contribution < 1.29 is 31.8 Å². The van der Waals surface area contributed by atoms with E-state index in [2.05, 4.69) is 30.5 Å². The molecule has 1 aromatic carbocycles. The first-order valence-corrected chi connectivity index (χ1v) is 15.5. The Kier molecular flexibility index (Phi) is 9.16. The van der Waals surface area contributed by atoms with Crippen molar-refractivity contribution in [1.29, 1.82) is 0 Å². The number of anilines is 2. The lowest BCUT2D eigenvalue weighted by molar-refractivity contribution is 0.0231. The minimum Gasteiger partial charge on any atom is -0.474 e. The molecule has 1 saturated heterocycles. The van der Waals surface area contributed by atoms with Gasteiger partial charge in [-0.15, -0.1) is 0 Å². The molecule has 1 aliphatic carbocycles. The van der Waals surface area contributed by atoms with E-state index in [1.807, 2.05) is 6.92 Å². The third-order valence-electron chi connectivity index (χ3n) is 8.77. The standard InChI is InChI=1S/C31H39F4N7O3/c1-17-3-6-37-7-8-38-28-23-27(40-30(41-28)44-16-31(4-5-31)15-42-9-11-43-12-10-42)25(35)26(39-29(23)45-17)20-13-21(36)24(34)18(2)19(20)14-22(32)33/h13,17,22,37H,3-12,14-16,36H2,1-2H3,(H,38,40,41)/t17-/m0/s1. The Bertz CT molecular complexity index is 1550. The van der Waals surface area contributed by atoms with Crippen LogP contribution in [-0.4, -0.2) is 91.5 Å². The zero-order chi connectivity index (χ0) is 31.7. The van der Waals surface area contributed by atoms with Crippen molar-refractivity contribution in [2.75, 3.05) is 70.1 Å². The van der Waals surface area contributed by atoms with Crippen LogP contribution in [0.15, 0.2) is 6.07 Å². The van der Waals surface area contributed by atoms with Gasteiger partial charge in [-0.2, -0.15) is 9.97 Å². The maximum absolute atomic E-state index is 16.7. The Morgan fingerprint density at radius 2 is 1.89 bits per heavy atom. The molecule has 3 aromatic rings. The number of ether oxygens (including phenoxy) is 3. The Labute approximate surface area is 259 Å². The lowest BCUT2D eigenvalue weighted by Gasteiger charge is -2.30. The van der Waals surface area contributed by atoms with Crippen molar-refractivity contribution in [2.24, 2.45) is 5.41 Å². The zero-order valence-electron chi connectivity index (χ0n) is 25.5. The van der Waals surface area contributed by atoms with Crippen molar-refractivity contribution >= 4 is 22.4 Å². The second kappa shape index (κ2) is 13.1. The number of nitrogens with two attached hydrogens (primary N) is 1. The highest BCUT2D eigenvalue weighted by atomic mass is 19.3. The molecule has 4 N–H and O–H groups in total. The molecule has 1 atom stereocenters. The van der Waals surface area contributed by atoms with Crippen LogP contribution in [0.5, 0.6) is 11.9 Å². The molecular weight excluding hydrogens is 594 g/mol. The first-order valence-electron chi connectivity index (χ1n) is 15.5. The molecule has 0 bridgehead atoms. The van der Waals surface area contributed by atoms with Gasteiger partial charge in [0.1, 0.15) is 28.2 Å². The number of morpholine rings is 1. The smallest absolute Gasteiger partial charge is 0.319 e. The largest absolute Gasteiger partial charge is 0.474 e. The summed E-state index contributed by atoms with van der Waals surface area (Å²) in [6.07, 6.45) is -1.37. The van der Waals surface area contributed by atoms with Crippen LogP contribution in [0.4, 0.5) is 29.1 Å². The molecule has 1 saturated carbocycles. The van der Waals surface area contributed by atoms with E-state index in [0.717, 1.165) is 38.5 Å². The van der Waals surface area contributed by atoms with Gasteiger partial charge in [0.05, 0.1) is 31.6 Å². The quantitative estimate of drug-likeness (QED) is 0.244. The second-order valence-electron chi connectivity index (χ2n) is 12.3. The predicted octanol–water partition coefficient (Wildman–Crippen LogP) is 4.33. The number of pyridine rings is 1. The van der Waals surface area contributed by atoms with Gasteiger partial charge in [0, 0.05) is 50.1 Å². The number of hydrogen-bond acceptors (Lipinski definition) is 10. The maximum atomic E-state index is 16.7. The first-order chi connectivity index (χ1) is 21.6.